The third-order valence-electron chi connectivity index (χ3n) is 3.12. The van der Waals surface area contributed by atoms with Crippen LogP contribution in [0.5, 0.6) is 0 Å². The van der Waals surface area contributed by atoms with Crippen molar-refractivity contribution in [2.75, 3.05) is 12.4 Å². The summed E-state index contributed by atoms with van der Waals surface area (Å²) in [6.07, 6.45) is 4.61. The van der Waals surface area contributed by atoms with Crippen molar-refractivity contribution in [2.45, 2.75) is 37.9 Å². The number of allylic oxidation sites excluding steroid dienone is 1. The van der Waals surface area contributed by atoms with Gasteiger partial charge in [0.1, 0.15) is 4.75 Å². The average molecular weight is 292 g/mol. The van der Waals surface area contributed by atoms with Crippen molar-refractivity contribution in [3.8, 4) is 0 Å². The Morgan fingerprint density at radius 1 is 1.35 bits per heavy atom. The minimum atomic E-state index is -0.659. The number of carbonyl (C=O) groups excluding carboxylic acids is 1. The van der Waals surface area contributed by atoms with Crippen molar-refractivity contribution in [3.05, 3.63) is 48.6 Å². The first-order chi connectivity index (χ1) is 9.71. The molecule has 1 aromatic rings. The molecule has 3 heteroatoms. The molecule has 0 aromatic heterocycles. The van der Waals surface area contributed by atoms with Gasteiger partial charge in [0.05, 0.1) is 6.61 Å². The molecule has 1 atom stereocenters. The predicted octanol–water partition coefficient (Wildman–Crippen LogP) is 4.55. The monoisotopic (exact) mass is 292 g/mol. The van der Waals surface area contributed by atoms with Crippen molar-refractivity contribution < 1.29 is 9.53 Å². The van der Waals surface area contributed by atoms with E-state index in [1.54, 1.807) is 11.8 Å². The van der Waals surface area contributed by atoms with Gasteiger partial charge in [-0.1, -0.05) is 49.8 Å². The summed E-state index contributed by atoms with van der Waals surface area (Å²) in [5.74, 6) is 0.783. The summed E-state index contributed by atoms with van der Waals surface area (Å²) in [5, 5.41) is 0. The van der Waals surface area contributed by atoms with Crippen molar-refractivity contribution in [3.63, 3.8) is 0 Å². The summed E-state index contributed by atoms with van der Waals surface area (Å²) >= 11 is 1.67. The van der Waals surface area contributed by atoms with E-state index >= 15 is 0 Å². The van der Waals surface area contributed by atoms with Crippen molar-refractivity contribution >= 4 is 17.7 Å². The molecule has 1 unspecified atom stereocenters. The Kier molecular flexibility index (Phi) is 7.45. The molecule has 0 heterocycles. The molecular weight excluding hydrogens is 268 g/mol. The fourth-order valence-corrected chi connectivity index (χ4v) is 3.57. The third kappa shape index (κ3) is 4.14. The second kappa shape index (κ2) is 8.85. The van der Waals surface area contributed by atoms with Crippen molar-refractivity contribution in [2.24, 2.45) is 0 Å². The molecule has 0 radical (unpaired) electrons. The number of unbranched alkanes of at least 4 members (excludes halogenated alkanes) is 1. The van der Waals surface area contributed by atoms with Crippen LogP contribution in [0.15, 0.2) is 43.0 Å². The van der Waals surface area contributed by atoms with Gasteiger partial charge in [0, 0.05) is 0 Å². The molecular formula is C17H24O2S. The van der Waals surface area contributed by atoms with E-state index in [-0.39, 0.29) is 5.97 Å². The highest BCUT2D eigenvalue weighted by molar-refractivity contribution is 8.00. The van der Waals surface area contributed by atoms with Gasteiger partial charge in [-0.25, -0.2) is 0 Å². The Morgan fingerprint density at radius 2 is 2.05 bits per heavy atom. The number of ether oxygens (including phenoxy) is 1. The van der Waals surface area contributed by atoms with Gasteiger partial charge in [-0.15, -0.1) is 18.3 Å². The zero-order chi connectivity index (χ0) is 14.8. The van der Waals surface area contributed by atoms with E-state index in [4.69, 9.17) is 4.74 Å². The van der Waals surface area contributed by atoms with Crippen LogP contribution in [-0.4, -0.2) is 18.3 Å². The van der Waals surface area contributed by atoms with Gasteiger partial charge >= 0.3 is 5.97 Å². The van der Waals surface area contributed by atoms with Crippen molar-refractivity contribution in [1.29, 1.82) is 0 Å². The number of hydrogen-bond donors (Lipinski definition) is 0. The number of rotatable bonds is 9. The molecule has 0 saturated heterocycles. The maximum Gasteiger partial charge on any atom is 0.327 e. The van der Waals surface area contributed by atoms with E-state index in [1.807, 2.05) is 43.3 Å². The van der Waals surface area contributed by atoms with Crippen LogP contribution >= 0.6 is 11.8 Å². The zero-order valence-electron chi connectivity index (χ0n) is 12.4. The van der Waals surface area contributed by atoms with E-state index < -0.39 is 4.75 Å². The van der Waals surface area contributed by atoms with Crippen LogP contribution in [0.1, 0.15) is 38.7 Å². The highest BCUT2D eigenvalue weighted by Crippen LogP contribution is 2.42. The minimum Gasteiger partial charge on any atom is -0.465 e. The van der Waals surface area contributed by atoms with Gasteiger partial charge in [0.15, 0.2) is 0 Å². The standard InChI is InChI=1S/C17H24O2S/c1-4-7-14-20-17(13-5-2,16(18)19-6-3)15-11-9-8-10-12-15/h5,8-12H,2,4,6-7,13-14H2,1,3H3. The molecule has 0 aliphatic heterocycles. The van der Waals surface area contributed by atoms with Crippen molar-refractivity contribution in [1.82, 2.24) is 0 Å². The fourth-order valence-electron chi connectivity index (χ4n) is 2.07. The Balaban J connectivity index is 3.11. The Morgan fingerprint density at radius 3 is 2.60 bits per heavy atom. The number of benzene rings is 1. The molecule has 110 valence electrons. The van der Waals surface area contributed by atoms with Gasteiger partial charge in [0.2, 0.25) is 0 Å². The molecule has 0 saturated carbocycles. The lowest BCUT2D eigenvalue weighted by molar-refractivity contribution is -0.146. The number of hydrogen-bond acceptors (Lipinski definition) is 3. The first-order valence-corrected chi connectivity index (χ1v) is 8.17. The van der Waals surface area contributed by atoms with Crippen LogP contribution in [-0.2, 0) is 14.3 Å². The van der Waals surface area contributed by atoms with E-state index in [0.29, 0.717) is 13.0 Å². The molecule has 0 fully saturated rings. The van der Waals surface area contributed by atoms with E-state index in [0.717, 1.165) is 24.2 Å². The average Bonchev–Trinajstić information content (AvgIpc) is 2.47. The van der Waals surface area contributed by atoms with Gasteiger partial charge in [-0.05, 0) is 31.1 Å². The normalized spacial score (nSPS) is 13.5. The predicted molar refractivity (Wildman–Crippen MR) is 86.9 cm³/mol. The van der Waals surface area contributed by atoms with E-state index in [2.05, 4.69) is 13.5 Å². The molecule has 0 N–H and O–H groups in total. The lowest BCUT2D eigenvalue weighted by Crippen LogP contribution is -2.34. The lowest BCUT2D eigenvalue weighted by atomic mass is 9.94. The fraction of sp³-hybridized carbons (Fsp3) is 0.471. The van der Waals surface area contributed by atoms with Crippen LogP contribution in [0.2, 0.25) is 0 Å². The first kappa shape index (κ1) is 16.8. The third-order valence-corrected chi connectivity index (χ3v) is 4.68. The molecule has 2 nitrogen and oxygen atoms in total. The number of thioether (sulfide) groups is 1. The molecule has 0 bridgehead atoms. The van der Waals surface area contributed by atoms with Crippen LogP contribution in [0.4, 0.5) is 0 Å². The quantitative estimate of drug-likeness (QED) is 0.379. The lowest BCUT2D eigenvalue weighted by Gasteiger charge is -2.30. The molecule has 20 heavy (non-hydrogen) atoms. The molecule has 1 rings (SSSR count). The summed E-state index contributed by atoms with van der Waals surface area (Å²) in [4.78, 5) is 12.6. The maximum absolute atomic E-state index is 12.6. The summed E-state index contributed by atoms with van der Waals surface area (Å²) < 4.78 is 4.68. The summed E-state index contributed by atoms with van der Waals surface area (Å²) in [6, 6.07) is 9.89. The molecule has 1 aromatic carbocycles. The Labute approximate surface area is 126 Å². The largest absolute Gasteiger partial charge is 0.465 e. The molecule has 0 amide bonds. The SMILES string of the molecule is C=CCC(SCCCC)(C(=O)OCC)c1ccccc1. The highest BCUT2D eigenvalue weighted by atomic mass is 32.2. The van der Waals surface area contributed by atoms with Crippen LogP contribution in [0.25, 0.3) is 0 Å². The van der Waals surface area contributed by atoms with Gasteiger partial charge in [-0.3, -0.25) is 4.79 Å². The topological polar surface area (TPSA) is 26.3 Å². The van der Waals surface area contributed by atoms with Gasteiger partial charge in [-0.2, -0.15) is 0 Å². The van der Waals surface area contributed by atoms with Crippen LogP contribution in [0.3, 0.4) is 0 Å². The van der Waals surface area contributed by atoms with Gasteiger partial charge in [0.25, 0.3) is 0 Å². The van der Waals surface area contributed by atoms with Crippen LogP contribution in [0, 0.1) is 0 Å². The zero-order valence-corrected chi connectivity index (χ0v) is 13.2. The smallest absolute Gasteiger partial charge is 0.327 e. The molecule has 0 aliphatic carbocycles. The Hall–Kier alpha value is -1.22. The summed E-state index contributed by atoms with van der Waals surface area (Å²) in [7, 11) is 0. The number of esters is 1. The number of carbonyl (C=O) groups is 1. The van der Waals surface area contributed by atoms with E-state index in [1.165, 1.54) is 0 Å². The molecule has 0 spiro atoms. The van der Waals surface area contributed by atoms with Gasteiger partial charge < -0.3 is 4.74 Å². The summed E-state index contributed by atoms with van der Waals surface area (Å²) in [5.41, 5.74) is 0.999. The van der Waals surface area contributed by atoms with E-state index in [9.17, 15) is 4.79 Å². The maximum atomic E-state index is 12.6. The second-order valence-electron chi connectivity index (χ2n) is 4.61. The second-order valence-corrected chi connectivity index (χ2v) is 6.00. The van der Waals surface area contributed by atoms with Crippen LogP contribution < -0.4 is 0 Å². The highest BCUT2D eigenvalue weighted by Gasteiger charge is 2.40. The summed E-state index contributed by atoms with van der Waals surface area (Å²) in [6.45, 7) is 8.22. The molecule has 0 aliphatic rings. The Bertz CT molecular complexity index is 416. The first-order valence-electron chi connectivity index (χ1n) is 7.18. The minimum absolute atomic E-state index is 0.160.